The fourth-order valence-corrected chi connectivity index (χ4v) is 0.967. The lowest BCUT2D eigenvalue weighted by molar-refractivity contribution is -0.124. The van der Waals surface area contributed by atoms with Crippen molar-refractivity contribution in [3.05, 3.63) is 18.3 Å². The third-order valence-electron chi connectivity index (χ3n) is 2.01. The van der Waals surface area contributed by atoms with Crippen LogP contribution in [0, 0.1) is 0 Å². The lowest BCUT2D eigenvalue weighted by Crippen LogP contribution is -2.26. The number of nitrogens with zero attached hydrogens (tertiary/aromatic N) is 1. The number of hydrogen-bond acceptors (Lipinski definition) is 4. The van der Waals surface area contributed by atoms with Gasteiger partial charge in [0.05, 0.1) is 11.9 Å². The van der Waals surface area contributed by atoms with E-state index in [0.29, 0.717) is 5.69 Å². The fraction of sp³-hybridized carbons (Fsp3) is 0.400. The number of nitrogens with one attached hydrogen (secondary N) is 2. The standard InChI is InChI=1S/C10H15N3O2/c1-7(15-3)10(14)13-8-4-5-9(11-2)12-6-8/h4-7H,1-3H3,(H,11,12)(H,13,14). The number of aromatic nitrogens is 1. The van der Waals surface area contributed by atoms with Gasteiger partial charge in [-0.3, -0.25) is 4.79 Å². The van der Waals surface area contributed by atoms with Crippen LogP contribution >= 0.6 is 0 Å². The molecule has 82 valence electrons. The molecule has 0 saturated heterocycles. The molecule has 0 saturated carbocycles. The average Bonchev–Trinajstić information content (AvgIpc) is 2.29. The lowest BCUT2D eigenvalue weighted by atomic mass is 10.3. The van der Waals surface area contributed by atoms with Crippen molar-refractivity contribution in [1.82, 2.24) is 4.98 Å². The molecule has 0 aliphatic rings. The molecule has 0 radical (unpaired) electrons. The van der Waals surface area contributed by atoms with Crippen LogP contribution in [0.1, 0.15) is 6.92 Å². The van der Waals surface area contributed by atoms with Crippen LogP contribution in [-0.2, 0) is 9.53 Å². The van der Waals surface area contributed by atoms with Crippen LogP contribution in [0.4, 0.5) is 11.5 Å². The van der Waals surface area contributed by atoms with Crippen molar-refractivity contribution in [2.45, 2.75) is 13.0 Å². The molecule has 1 heterocycles. The van der Waals surface area contributed by atoms with Gasteiger partial charge in [-0.25, -0.2) is 4.98 Å². The van der Waals surface area contributed by atoms with Gasteiger partial charge in [-0.2, -0.15) is 0 Å². The number of anilines is 2. The molecule has 2 N–H and O–H groups in total. The van der Waals surface area contributed by atoms with Crippen molar-refractivity contribution in [1.29, 1.82) is 0 Å². The molecular formula is C10H15N3O2. The Hall–Kier alpha value is -1.62. The minimum Gasteiger partial charge on any atom is -0.373 e. The molecule has 1 aromatic rings. The van der Waals surface area contributed by atoms with Gasteiger partial charge in [-0.15, -0.1) is 0 Å². The SMILES string of the molecule is CNc1ccc(NC(=O)C(C)OC)cn1. The van der Waals surface area contributed by atoms with Gasteiger partial charge >= 0.3 is 0 Å². The van der Waals surface area contributed by atoms with Crippen molar-refractivity contribution in [3.63, 3.8) is 0 Å². The van der Waals surface area contributed by atoms with Crippen LogP contribution in [0.2, 0.25) is 0 Å². The number of rotatable bonds is 4. The molecule has 5 nitrogen and oxygen atoms in total. The Morgan fingerprint density at radius 3 is 2.73 bits per heavy atom. The smallest absolute Gasteiger partial charge is 0.253 e. The van der Waals surface area contributed by atoms with E-state index in [2.05, 4.69) is 15.6 Å². The van der Waals surface area contributed by atoms with Gasteiger partial charge in [0, 0.05) is 14.2 Å². The van der Waals surface area contributed by atoms with E-state index >= 15 is 0 Å². The van der Waals surface area contributed by atoms with Crippen LogP contribution in [0.15, 0.2) is 18.3 Å². The molecule has 15 heavy (non-hydrogen) atoms. The molecule has 0 fully saturated rings. The molecule has 1 rings (SSSR count). The maximum atomic E-state index is 11.4. The summed E-state index contributed by atoms with van der Waals surface area (Å²) in [6.45, 7) is 1.69. The Morgan fingerprint density at radius 1 is 1.53 bits per heavy atom. The maximum Gasteiger partial charge on any atom is 0.253 e. The molecule has 1 unspecified atom stereocenters. The van der Waals surface area contributed by atoms with E-state index < -0.39 is 6.10 Å². The Bertz CT molecular complexity index is 324. The third-order valence-corrected chi connectivity index (χ3v) is 2.01. The highest BCUT2D eigenvalue weighted by atomic mass is 16.5. The molecule has 0 spiro atoms. The summed E-state index contributed by atoms with van der Waals surface area (Å²) in [6.07, 6.45) is 1.13. The van der Waals surface area contributed by atoms with Gasteiger partial charge in [-0.05, 0) is 19.1 Å². The van der Waals surface area contributed by atoms with Crippen LogP contribution < -0.4 is 10.6 Å². The van der Waals surface area contributed by atoms with E-state index in [1.165, 1.54) is 7.11 Å². The molecule has 0 bridgehead atoms. The number of hydrogen-bond donors (Lipinski definition) is 2. The number of methoxy groups -OCH3 is 1. The van der Waals surface area contributed by atoms with E-state index in [1.807, 2.05) is 0 Å². The quantitative estimate of drug-likeness (QED) is 0.779. The summed E-state index contributed by atoms with van der Waals surface area (Å²) in [5.41, 5.74) is 0.655. The molecule has 0 aromatic carbocycles. The number of carbonyl (C=O) groups is 1. The summed E-state index contributed by atoms with van der Waals surface area (Å²) >= 11 is 0. The Labute approximate surface area is 88.9 Å². The molecular weight excluding hydrogens is 194 g/mol. The highest BCUT2D eigenvalue weighted by Gasteiger charge is 2.11. The summed E-state index contributed by atoms with van der Waals surface area (Å²) in [5, 5.41) is 5.58. The summed E-state index contributed by atoms with van der Waals surface area (Å²) < 4.78 is 4.88. The molecule has 0 aliphatic heterocycles. The van der Waals surface area contributed by atoms with Gasteiger partial charge in [0.15, 0.2) is 0 Å². The lowest BCUT2D eigenvalue weighted by Gasteiger charge is -2.10. The zero-order valence-electron chi connectivity index (χ0n) is 9.07. The van der Waals surface area contributed by atoms with Crippen LogP contribution in [0.25, 0.3) is 0 Å². The predicted molar refractivity (Wildman–Crippen MR) is 58.9 cm³/mol. The fourth-order valence-electron chi connectivity index (χ4n) is 0.967. The normalized spacial score (nSPS) is 11.9. The maximum absolute atomic E-state index is 11.4. The number of pyridine rings is 1. The first-order valence-corrected chi connectivity index (χ1v) is 4.65. The van der Waals surface area contributed by atoms with E-state index in [9.17, 15) is 4.79 Å². The molecule has 1 amide bonds. The van der Waals surface area contributed by atoms with Crippen molar-refractivity contribution < 1.29 is 9.53 Å². The number of amides is 1. The topological polar surface area (TPSA) is 63.2 Å². The second-order valence-corrected chi connectivity index (χ2v) is 3.05. The van der Waals surface area contributed by atoms with Crippen molar-refractivity contribution >= 4 is 17.4 Å². The van der Waals surface area contributed by atoms with Gasteiger partial charge in [0.2, 0.25) is 0 Å². The van der Waals surface area contributed by atoms with Gasteiger partial charge < -0.3 is 15.4 Å². The highest BCUT2D eigenvalue weighted by Crippen LogP contribution is 2.09. The van der Waals surface area contributed by atoms with E-state index in [1.54, 1.807) is 32.3 Å². The van der Waals surface area contributed by atoms with Gasteiger partial charge in [-0.1, -0.05) is 0 Å². The number of ether oxygens (including phenoxy) is 1. The van der Waals surface area contributed by atoms with Gasteiger partial charge in [0.1, 0.15) is 11.9 Å². The van der Waals surface area contributed by atoms with Crippen LogP contribution in [0.5, 0.6) is 0 Å². The Morgan fingerprint density at radius 2 is 2.27 bits per heavy atom. The molecule has 5 heteroatoms. The zero-order chi connectivity index (χ0) is 11.3. The van der Waals surface area contributed by atoms with Crippen LogP contribution in [-0.4, -0.2) is 31.2 Å². The first-order chi connectivity index (χ1) is 7.17. The largest absolute Gasteiger partial charge is 0.373 e. The first-order valence-electron chi connectivity index (χ1n) is 4.65. The van der Waals surface area contributed by atoms with Crippen molar-refractivity contribution in [2.75, 3.05) is 24.8 Å². The summed E-state index contributed by atoms with van der Waals surface area (Å²) in [6, 6.07) is 3.56. The Kier molecular flexibility index (Phi) is 4.05. The molecule has 0 aliphatic carbocycles. The Balaban J connectivity index is 2.61. The van der Waals surface area contributed by atoms with E-state index in [-0.39, 0.29) is 5.91 Å². The third kappa shape index (κ3) is 3.21. The highest BCUT2D eigenvalue weighted by molar-refractivity contribution is 5.93. The summed E-state index contributed by atoms with van der Waals surface area (Å²) in [5.74, 6) is 0.573. The molecule has 1 aromatic heterocycles. The summed E-state index contributed by atoms with van der Waals surface area (Å²) in [7, 11) is 3.28. The van der Waals surface area contributed by atoms with E-state index in [4.69, 9.17) is 4.74 Å². The van der Waals surface area contributed by atoms with Crippen LogP contribution in [0.3, 0.4) is 0 Å². The van der Waals surface area contributed by atoms with Crippen molar-refractivity contribution in [3.8, 4) is 0 Å². The minimum atomic E-state index is -0.464. The minimum absolute atomic E-state index is 0.184. The monoisotopic (exact) mass is 209 g/mol. The second-order valence-electron chi connectivity index (χ2n) is 3.05. The van der Waals surface area contributed by atoms with Gasteiger partial charge in [0.25, 0.3) is 5.91 Å². The second kappa shape index (κ2) is 5.31. The molecule has 1 atom stereocenters. The zero-order valence-corrected chi connectivity index (χ0v) is 9.07. The first kappa shape index (κ1) is 11.5. The predicted octanol–water partition coefficient (Wildman–Crippen LogP) is 1.10. The van der Waals surface area contributed by atoms with Crippen molar-refractivity contribution in [2.24, 2.45) is 0 Å². The summed E-state index contributed by atoms with van der Waals surface area (Å²) in [4.78, 5) is 15.5. The number of carbonyl (C=O) groups excluding carboxylic acids is 1. The average molecular weight is 209 g/mol. The van der Waals surface area contributed by atoms with E-state index in [0.717, 1.165) is 5.82 Å².